The van der Waals surface area contributed by atoms with E-state index in [1.807, 2.05) is 0 Å². The van der Waals surface area contributed by atoms with Crippen molar-refractivity contribution in [2.24, 2.45) is 5.73 Å². The smallest absolute Gasteiger partial charge is 0.331 e. The van der Waals surface area contributed by atoms with Gasteiger partial charge < -0.3 is 10.5 Å². The van der Waals surface area contributed by atoms with Gasteiger partial charge in [0.15, 0.2) is 15.9 Å². The van der Waals surface area contributed by atoms with E-state index >= 15 is 0 Å². The van der Waals surface area contributed by atoms with Crippen molar-refractivity contribution in [1.82, 2.24) is 9.78 Å². The average Bonchev–Trinajstić information content (AvgIpc) is 2.67. The van der Waals surface area contributed by atoms with Gasteiger partial charge in [-0.3, -0.25) is 4.68 Å². The minimum atomic E-state index is -3.33. The zero-order valence-corrected chi connectivity index (χ0v) is 9.77. The van der Waals surface area contributed by atoms with Crippen LogP contribution in [0.15, 0.2) is 17.3 Å². The van der Waals surface area contributed by atoms with Gasteiger partial charge in [0.1, 0.15) is 4.90 Å². The molecule has 1 aromatic rings. The predicted molar refractivity (Wildman–Crippen MR) is 55.4 cm³/mol. The number of carbonyl (C=O) groups excluding carboxylic acids is 1. The van der Waals surface area contributed by atoms with Crippen LogP contribution in [-0.4, -0.2) is 44.1 Å². The summed E-state index contributed by atoms with van der Waals surface area (Å²) in [5.74, 6) is -0.564. The molecular weight excluding hydrogens is 234 g/mol. The molecule has 0 saturated heterocycles. The van der Waals surface area contributed by atoms with Gasteiger partial charge in [-0.05, 0) is 0 Å². The van der Waals surface area contributed by atoms with Crippen molar-refractivity contribution >= 4 is 15.8 Å². The quantitative estimate of drug-likeness (QED) is 0.681. The highest BCUT2D eigenvalue weighted by Crippen LogP contribution is 2.11. The number of nitrogens with two attached hydrogens (primary N) is 1. The largest absolute Gasteiger partial charge is 0.467 e. The Labute approximate surface area is 93.1 Å². The van der Waals surface area contributed by atoms with Crippen molar-refractivity contribution in [3.8, 4) is 0 Å². The molecule has 0 radical (unpaired) electrons. The van der Waals surface area contributed by atoms with E-state index in [1.54, 1.807) is 0 Å². The van der Waals surface area contributed by atoms with E-state index in [0.717, 1.165) is 6.26 Å². The molecule has 16 heavy (non-hydrogen) atoms. The summed E-state index contributed by atoms with van der Waals surface area (Å²) in [4.78, 5) is 11.3. The van der Waals surface area contributed by atoms with E-state index in [1.165, 1.54) is 24.2 Å². The minimum absolute atomic E-state index is 0.0163. The van der Waals surface area contributed by atoms with Gasteiger partial charge in [-0.25, -0.2) is 13.2 Å². The van der Waals surface area contributed by atoms with Gasteiger partial charge in [0, 0.05) is 19.0 Å². The lowest BCUT2D eigenvalue weighted by Crippen LogP contribution is -2.28. The first-order valence-electron chi connectivity index (χ1n) is 4.42. The summed E-state index contributed by atoms with van der Waals surface area (Å²) >= 11 is 0. The molecule has 90 valence electrons. The molecule has 1 atom stereocenters. The summed E-state index contributed by atoms with van der Waals surface area (Å²) in [6.45, 7) is -0.0163. The number of ether oxygens (including phenoxy) is 1. The lowest BCUT2D eigenvalue weighted by Gasteiger charge is -2.11. The Balaban J connectivity index is 3.05. The fourth-order valence-corrected chi connectivity index (χ4v) is 1.67. The molecular formula is C8H13N3O4S. The Morgan fingerprint density at radius 3 is 2.69 bits per heavy atom. The van der Waals surface area contributed by atoms with Gasteiger partial charge in [-0.15, -0.1) is 0 Å². The first-order chi connectivity index (χ1) is 7.40. The fourth-order valence-electron chi connectivity index (χ4n) is 1.13. The standard InChI is InChI=1S/C8H13N3O4S/c1-15-8(12)7(3-9)11-5-6(4-10-11)16(2,13)14/h4-5,7H,3,9H2,1-2H3. The lowest BCUT2D eigenvalue weighted by molar-refractivity contribution is -0.144. The normalized spacial score (nSPS) is 13.4. The molecule has 8 heteroatoms. The topological polar surface area (TPSA) is 104 Å². The van der Waals surface area contributed by atoms with Crippen LogP contribution in [-0.2, 0) is 19.4 Å². The summed E-state index contributed by atoms with van der Waals surface area (Å²) in [6.07, 6.45) is 3.48. The molecule has 0 aliphatic heterocycles. The summed E-state index contributed by atoms with van der Waals surface area (Å²) in [6, 6.07) is -0.805. The Bertz CT molecular complexity index is 479. The van der Waals surface area contributed by atoms with Crippen LogP contribution in [0.3, 0.4) is 0 Å². The maximum atomic E-state index is 11.3. The van der Waals surface area contributed by atoms with Crippen molar-refractivity contribution < 1.29 is 17.9 Å². The fraction of sp³-hybridized carbons (Fsp3) is 0.500. The maximum Gasteiger partial charge on any atom is 0.331 e. The first-order valence-corrected chi connectivity index (χ1v) is 6.31. The monoisotopic (exact) mass is 247 g/mol. The number of hydrogen-bond donors (Lipinski definition) is 1. The van der Waals surface area contributed by atoms with Crippen molar-refractivity contribution in [1.29, 1.82) is 0 Å². The molecule has 1 unspecified atom stereocenters. The van der Waals surface area contributed by atoms with Crippen LogP contribution in [0.2, 0.25) is 0 Å². The summed E-state index contributed by atoms with van der Waals surface area (Å²) in [5, 5.41) is 3.78. The second-order valence-corrected chi connectivity index (χ2v) is 5.22. The molecule has 0 aromatic carbocycles. The van der Waals surface area contributed by atoms with Gasteiger partial charge in [-0.2, -0.15) is 5.10 Å². The number of esters is 1. The van der Waals surface area contributed by atoms with Crippen LogP contribution >= 0.6 is 0 Å². The number of methoxy groups -OCH3 is 1. The van der Waals surface area contributed by atoms with Crippen LogP contribution in [0.25, 0.3) is 0 Å². The van der Waals surface area contributed by atoms with E-state index < -0.39 is 21.8 Å². The van der Waals surface area contributed by atoms with E-state index in [0.29, 0.717) is 0 Å². The highest BCUT2D eigenvalue weighted by molar-refractivity contribution is 7.90. The summed E-state index contributed by atoms with van der Waals surface area (Å²) in [5.41, 5.74) is 5.39. The molecule has 1 rings (SSSR count). The van der Waals surface area contributed by atoms with Crippen molar-refractivity contribution in [3.05, 3.63) is 12.4 Å². The molecule has 0 bridgehead atoms. The average molecular weight is 247 g/mol. The van der Waals surface area contributed by atoms with Crippen LogP contribution < -0.4 is 5.73 Å². The van der Waals surface area contributed by atoms with Gasteiger partial charge in [0.2, 0.25) is 0 Å². The Morgan fingerprint density at radius 1 is 1.69 bits per heavy atom. The van der Waals surface area contributed by atoms with Crippen molar-refractivity contribution in [2.75, 3.05) is 19.9 Å². The lowest BCUT2D eigenvalue weighted by atomic mass is 10.3. The van der Waals surface area contributed by atoms with Gasteiger partial charge >= 0.3 is 5.97 Å². The summed E-state index contributed by atoms with van der Waals surface area (Å²) in [7, 11) is -2.10. The number of nitrogens with zero attached hydrogens (tertiary/aromatic N) is 2. The van der Waals surface area contributed by atoms with Crippen LogP contribution in [0, 0.1) is 0 Å². The van der Waals surface area contributed by atoms with E-state index in [-0.39, 0.29) is 11.4 Å². The Hall–Kier alpha value is -1.41. The second-order valence-electron chi connectivity index (χ2n) is 3.20. The Kier molecular flexibility index (Phi) is 3.66. The molecule has 1 heterocycles. The number of sulfone groups is 1. The molecule has 0 aliphatic rings. The van der Waals surface area contributed by atoms with E-state index in [4.69, 9.17) is 5.73 Å². The van der Waals surface area contributed by atoms with Gasteiger partial charge in [-0.1, -0.05) is 0 Å². The third-order valence-corrected chi connectivity index (χ3v) is 3.09. The highest BCUT2D eigenvalue weighted by atomic mass is 32.2. The van der Waals surface area contributed by atoms with E-state index in [9.17, 15) is 13.2 Å². The van der Waals surface area contributed by atoms with Crippen LogP contribution in [0.1, 0.15) is 6.04 Å². The van der Waals surface area contributed by atoms with Crippen molar-refractivity contribution in [3.63, 3.8) is 0 Å². The Morgan fingerprint density at radius 2 is 2.31 bits per heavy atom. The van der Waals surface area contributed by atoms with E-state index in [2.05, 4.69) is 9.84 Å². The predicted octanol–water partition coefficient (Wildman–Crippen LogP) is -1.04. The summed E-state index contributed by atoms with van der Waals surface area (Å²) < 4.78 is 28.1. The van der Waals surface area contributed by atoms with Gasteiger partial charge in [0.25, 0.3) is 0 Å². The first kappa shape index (κ1) is 12.7. The number of hydrogen-bond acceptors (Lipinski definition) is 6. The third kappa shape index (κ3) is 2.58. The van der Waals surface area contributed by atoms with Crippen molar-refractivity contribution in [2.45, 2.75) is 10.9 Å². The molecule has 0 spiro atoms. The SMILES string of the molecule is COC(=O)C(CN)n1cc(S(C)(=O)=O)cn1. The van der Waals surface area contributed by atoms with Crippen LogP contribution in [0.4, 0.5) is 0 Å². The maximum absolute atomic E-state index is 11.3. The number of carbonyl (C=O) groups is 1. The molecule has 2 N–H and O–H groups in total. The molecule has 0 fully saturated rings. The second kappa shape index (κ2) is 4.62. The number of rotatable bonds is 4. The van der Waals surface area contributed by atoms with Gasteiger partial charge in [0.05, 0.1) is 13.3 Å². The molecule has 0 saturated carbocycles. The third-order valence-electron chi connectivity index (χ3n) is 2.02. The molecule has 0 aliphatic carbocycles. The zero-order valence-electron chi connectivity index (χ0n) is 8.95. The minimum Gasteiger partial charge on any atom is -0.467 e. The van der Waals surface area contributed by atoms with Crippen LogP contribution in [0.5, 0.6) is 0 Å². The molecule has 7 nitrogen and oxygen atoms in total. The molecule has 0 amide bonds. The highest BCUT2D eigenvalue weighted by Gasteiger charge is 2.22. The molecule has 1 aromatic heterocycles. The number of aromatic nitrogens is 2. The zero-order chi connectivity index (χ0) is 12.3.